The van der Waals surface area contributed by atoms with E-state index in [1.54, 1.807) is 4.68 Å². The summed E-state index contributed by atoms with van der Waals surface area (Å²) < 4.78 is 13.5. The molecule has 3 aromatic carbocycles. The molecule has 2 unspecified atom stereocenters. The highest BCUT2D eigenvalue weighted by Gasteiger charge is 2.25. The molecule has 7 nitrogen and oxygen atoms in total. The summed E-state index contributed by atoms with van der Waals surface area (Å²) in [6.07, 6.45) is 1.37. The minimum atomic E-state index is -0.199. The zero-order valence-electron chi connectivity index (χ0n) is 23.6. The van der Waals surface area contributed by atoms with Gasteiger partial charge in [0.15, 0.2) is 0 Å². The molecule has 2 atom stereocenters. The maximum absolute atomic E-state index is 12.8. The molecule has 0 saturated heterocycles. The van der Waals surface area contributed by atoms with Crippen LogP contribution >= 0.6 is 0 Å². The van der Waals surface area contributed by atoms with Crippen LogP contribution in [0.4, 0.5) is 0 Å². The molecule has 1 aliphatic rings. The Bertz CT molecular complexity index is 1480. The van der Waals surface area contributed by atoms with Crippen molar-refractivity contribution < 1.29 is 14.3 Å². The van der Waals surface area contributed by atoms with Gasteiger partial charge in [0.1, 0.15) is 17.4 Å². The average Bonchev–Trinajstić information content (AvgIpc) is 3.20. The Morgan fingerprint density at radius 1 is 1.13 bits per heavy atom. The molecule has 1 aliphatic heterocycles. The van der Waals surface area contributed by atoms with E-state index in [-0.39, 0.29) is 24.4 Å². The molecule has 7 heteroatoms. The number of para-hydroxylation sites is 1. The zero-order valence-corrected chi connectivity index (χ0v) is 23.6. The Kier molecular flexibility index (Phi) is 7.98. The lowest BCUT2D eigenvalue weighted by molar-refractivity contribution is -0.143. The van der Waals surface area contributed by atoms with Gasteiger partial charge in [-0.2, -0.15) is 0 Å². The number of carbonyl (C=O) groups is 1. The third-order valence-corrected chi connectivity index (χ3v) is 7.88. The number of benzene rings is 3. The first-order valence-electron chi connectivity index (χ1n) is 13.9. The molecule has 0 saturated carbocycles. The monoisotopic (exact) mass is 526 g/mol. The van der Waals surface area contributed by atoms with Gasteiger partial charge < -0.3 is 9.47 Å². The van der Waals surface area contributed by atoms with Gasteiger partial charge in [-0.15, -0.1) is 5.10 Å². The van der Waals surface area contributed by atoms with E-state index >= 15 is 0 Å². The fourth-order valence-corrected chi connectivity index (χ4v) is 5.63. The van der Waals surface area contributed by atoms with Gasteiger partial charge in [0.05, 0.1) is 18.5 Å². The summed E-state index contributed by atoms with van der Waals surface area (Å²) in [5.41, 5.74) is 8.78. The van der Waals surface area contributed by atoms with Crippen LogP contribution in [0.3, 0.4) is 0 Å². The average molecular weight is 527 g/mol. The van der Waals surface area contributed by atoms with Crippen LogP contribution in [0.5, 0.6) is 5.75 Å². The zero-order chi connectivity index (χ0) is 27.5. The van der Waals surface area contributed by atoms with E-state index < -0.39 is 0 Å². The molecule has 1 aromatic heterocycles. The van der Waals surface area contributed by atoms with Crippen molar-refractivity contribution in [1.82, 2.24) is 19.9 Å². The van der Waals surface area contributed by atoms with Crippen LogP contribution in [0.1, 0.15) is 66.0 Å². The number of ether oxygens (including phenoxy) is 2. The maximum atomic E-state index is 12.8. The summed E-state index contributed by atoms with van der Waals surface area (Å²) in [7, 11) is 1.90. The van der Waals surface area contributed by atoms with Crippen LogP contribution < -0.4 is 4.74 Å². The highest BCUT2D eigenvalue weighted by Crippen LogP contribution is 2.35. The molecule has 4 aromatic rings. The molecule has 0 N–H and O–H groups in total. The summed E-state index contributed by atoms with van der Waals surface area (Å²) in [4.78, 5) is 15.3. The largest absolute Gasteiger partial charge is 0.489 e. The smallest absolute Gasteiger partial charge is 0.306 e. The molecule has 0 fully saturated rings. The Labute approximate surface area is 230 Å². The first-order chi connectivity index (χ1) is 18.9. The van der Waals surface area contributed by atoms with Crippen molar-refractivity contribution in [2.45, 2.75) is 65.6 Å². The number of fused-ring (bicyclic) bond motifs is 2. The third-order valence-electron chi connectivity index (χ3n) is 7.88. The molecule has 204 valence electrons. The molecule has 0 spiro atoms. The summed E-state index contributed by atoms with van der Waals surface area (Å²) in [6, 6.07) is 19.1. The Morgan fingerprint density at radius 2 is 1.95 bits per heavy atom. The predicted molar refractivity (Wildman–Crippen MR) is 153 cm³/mol. The van der Waals surface area contributed by atoms with E-state index in [9.17, 15) is 4.79 Å². The number of hydrogen-bond donors (Lipinski definition) is 0. The minimum absolute atomic E-state index is 0.147. The van der Waals surface area contributed by atoms with Gasteiger partial charge in [0, 0.05) is 38.2 Å². The lowest BCUT2D eigenvalue weighted by Gasteiger charge is -2.25. The van der Waals surface area contributed by atoms with Gasteiger partial charge in [-0.05, 0) is 67.1 Å². The second kappa shape index (κ2) is 11.6. The van der Waals surface area contributed by atoms with Crippen LogP contribution in [0.15, 0.2) is 54.6 Å². The van der Waals surface area contributed by atoms with Crippen LogP contribution in [0, 0.1) is 13.8 Å². The number of rotatable bonds is 8. The molecular formula is C32H38N4O3. The third kappa shape index (κ3) is 5.69. The molecule has 0 aliphatic carbocycles. The predicted octanol–water partition coefficient (Wildman–Crippen LogP) is 5.84. The van der Waals surface area contributed by atoms with E-state index in [0.717, 1.165) is 59.5 Å². The van der Waals surface area contributed by atoms with Crippen LogP contribution in [0.25, 0.3) is 11.0 Å². The van der Waals surface area contributed by atoms with Gasteiger partial charge in [0.2, 0.25) is 0 Å². The standard InChI is InChI=1S/C32H38N4O3/c1-6-26-20-36(18-24-10-8-9-11-30(24)39-26)19-25-16-23(13-12-21(25)3)28(17-31(37)38-7-2)27-14-15-29-32(22(27)4)33-34-35(29)5/h8-16,26,28H,6-7,17-20H2,1-5H3. The fourth-order valence-electron chi connectivity index (χ4n) is 5.63. The van der Waals surface area contributed by atoms with Crippen molar-refractivity contribution in [3.63, 3.8) is 0 Å². The topological polar surface area (TPSA) is 69.5 Å². The molecule has 0 bridgehead atoms. The number of nitrogens with zero attached hydrogens (tertiary/aromatic N) is 4. The van der Waals surface area contributed by atoms with Gasteiger partial charge in [0.25, 0.3) is 0 Å². The first-order valence-corrected chi connectivity index (χ1v) is 13.9. The van der Waals surface area contributed by atoms with Crippen molar-refractivity contribution in [2.75, 3.05) is 13.2 Å². The summed E-state index contributed by atoms with van der Waals surface area (Å²) in [6.45, 7) is 11.1. The highest BCUT2D eigenvalue weighted by atomic mass is 16.5. The Morgan fingerprint density at radius 3 is 2.74 bits per heavy atom. The van der Waals surface area contributed by atoms with Crippen molar-refractivity contribution in [3.05, 3.63) is 88.0 Å². The van der Waals surface area contributed by atoms with Crippen LogP contribution in [0.2, 0.25) is 0 Å². The second-order valence-corrected chi connectivity index (χ2v) is 10.5. The Balaban J connectivity index is 1.50. The maximum Gasteiger partial charge on any atom is 0.306 e. The second-order valence-electron chi connectivity index (χ2n) is 10.5. The van der Waals surface area contributed by atoms with E-state index in [4.69, 9.17) is 9.47 Å². The SMILES string of the molecule is CCOC(=O)CC(c1ccc(C)c(CN2Cc3ccccc3OC(CC)C2)c1)c1ccc2c(nnn2C)c1C. The fraction of sp³-hybridized carbons (Fsp3) is 0.406. The van der Waals surface area contributed by atoms with Crippen molar-refractivity contribution in [2.24, 2.45) is 7.05 Å². The molecule has 5 rings (SSSR count). The molecule has 0 amide bonds. The van der Waals surface area contributed by atoms with Gasteiger partial charge >= 0.3 is 5.97 Å². The van der Waals surface area contributed by atoms with Gasteiger partial charge in [-0.1, -0.05) is 54.6 Å². The number of aryl methyl sites for hydroxylation is 3. The minimum Gasteiger partial charge on any atom is -0.489 e. The highest BCUT2D eigenvalue weighted by molar-refractivity contribution is 5.80. The molecule has 39 heavy (non-hydrogen) atoms. The number of esters is 1. The lowest BCUT2D eigenvalue weighted by Crippen LogP contribution is -2.32. The summed E-state index contributed by atoms with van der Waals surface area (Å²) in [5, 5.41) is 8.61. The van der Waals surface area contributed by atoms with Crippen LogP contribution in [-0.4, -0.2) is 45.1 Å². The van der Waals surface area contributed by atoms with Crippen LogP contribution in [-0.2, 0) is 29.7 Å². The normalized spacial score (nSPS) is 16.4. The van der Waals surface area contributed by atoms with E-state index in [0.29, 0.717) is 6.61 Å². The quantitative estimate of drug-likeness (QED) is 0.269. The summed E-state index contributed by atoms with van der Waals surface area (Å²) in [5.74, 6) is 0.642. The van der Waals surface area contributed by atoms with Crippen molar-refractivity contribution in [1.29, 1.82) is 0 Å². The van der Waals surface area contributed by atoms with Gasteiger partial charge in [-0.25, -0.2) is 4.68 Å². The molecular weight excluding hydrogens is 488 g/mol. The van der Waals surface area contributed by atoms with E-state index in [1.165, 1.54) is 16.7 Å². The number of carbonyl (C=O) groups excluding carboxylic acids is 1. The Hall–Kier alpha value is -3.71. The van der Waals surface area contributed by atoms with E-state index in [1.807, 2.05) is 26.1 Å². The van der Waals surface area contributed by atoms with Crippen molar-refractivity contribution >= 4 is 17.0 Å². The molecule has 2 heterocycles. The van der Waals surface area contributed by atoms with Crippen molar-refractivity contribution in [3.8, 4) is 5.75 Å². The lowest BCUT2D eigenvalue weighted by atomic mass is 9.84. The number of aromatic nitrogens is 3. The number of hydrogen-bond acceptors (Lipinski definition) is 6. The van der Waals surface area contributed by atoms with E-state index in [2.05, 4.69) is 78.4 Å². The molecule has 0 radical (unpaired) electrons. The first kappa shape index (κ1) is 26.9. The summed E-state index contributed by atoms with van der Waals surface area (Å²) >= 11 is 0. The van der Waals surface area contributed by atoms with Gasteiger partial charge in [-0.3, -0.25) is 9.69 Å².